The Balaban J connectivity index is 2.27. The molecule has 0 aliphatic rings. The molecule has 0 aromatic carbocycles. The summed E-state index contributed by atoms with van der Waals surface area (Å²) in [4.78, 5) is 3.78. The van der Waals surface area contributed by atoms with Crippen LogP contribution in [0.3, 0.4) is 0 Å². The second-order valence-electron chi connectivity index (χ2n) is 3.92. The molecule has 18 heavy (non-hydrogen) atoms. The molecule has 0 amide bonds. The van der Waals surface area contributed by atoms with E-state index in [-0.39, 0.29) is 0 Å². The molecule has 0 saturated carbocycles. The highest BCUT2D eigenvalue weighted by molar-refractivity contribution is 5.16. The van der Waals surface area contributed by atoms with Gasteiger partial charge in [0.05, 0.1) is 11.3 Å². The molecule has 0 atom stereocenters. The summed E-state index contributed by atoms with van der Waals surface area (Å²) < 4.78 is 36.8. The SMILES string of the molecule is CCNCCCNCc1ccc(C(F)(F)F)cn1. The predicted molar refractivity (Wildman–Crippen MR) is 64.1 cm³/mol. The minimum atomic E-state index is -4.31. The lowest BCUT2D eigenvalue weighted by atomic mass is 10.2. The average Bonchev–Trinajstić information content (AvgIpc) is 2.33. The first kappa shape index (κ1) is 14.9. The molecule has 1 aromatic heterocycles. The van der Waals surface area contributed by atoms with E-state index in [1.165, 1.54) is 6.07 Å². The van der Waals surface area contributed by atoms with Crippen LogP contribution in [-0.2, 0) is 12.7 Å². The number of alkyl halides is 3. The molecule has 0 aliphatic heterocycles. The molecule has 0 spiro atoms. The quantitative estimate of drug-likeness (QED) is 0.739. The maximum Gasteiger partial charge on any atom is 0.417 e. The summed E-state index contributed by atoms with van der Waals surface area (Å²) in [6.45, 7) is 5.23. The molecule has 2 N–H and O–H groups in total. The highest BCUT2D eigenvalue weighted by Gasteiger charge is 2.30. The largest absolute Gasteiger partial charge is 0.417 e. The van der Waals surface area contributed by atoms with Crippen LogP contribution in [-0.4, -0.2) is 24.6 Å². The van der Waals surface area contributed by atoms with Crippen molar-refractivity contribution in [1.29, 1.82) is 0 Å². The fourth-order valence-electron chi connectivity index (χ4n) is 1.43. The van der Waals surface area contributed by atoms with Gasteiger partial charge in [-0.05, 0) is 38.2 Å². The van der Waals surface area contributed by atoms with Crippen molar-refractivity contribution in [2.24, 2.45) is 0 Å². The van der Waals surface area contributed by atoms with Crippen LogP contribution in [0.4, 0.5) is 13.2 Å². The summed E-state index contributed by atoms with van der Waals surface area (Å²) in [6, 6.07) is 2.46. The molecule has 6 heteroatoms. The van der Waals surface area contributed by atoms with Gasteiger partial charge < -0.3 is 10.6 Å². The summed E-state index contributed by atoms with van der Waals surface area (Å²) >= 11 is 0. The van der Waals surface area contributed by atoms with Crippen LogP contribution in [0.25, 0.3) is 0 Å². The Labute approximate surface area is 105 Å². The number of nitrogens with zero attached hydrogens (tertiary/aromatic N) is 1. The molecule has 0 fully saturated rings. The van der Waals surface area contributed by atoms with E-state index < -0.39 is 11.7 Å². The number of hydrogen-bond acceptors (Lipinski definition) is 3. The van der Waals surface area contributed by atoms with Crippen LogP contribution in [0.15, 0.2) is 18.3 Å². The van der Waals surface area contributed by atoms with Gasteiger partial charge in [-0.2, -0.15) is 13.2 Å². The van der Waals surface area contributed by atoms with E-state index in [0.717, 1.165) is 38.3 Å². The lowest BCUT2D eigenvalue weighted by Crippen LogP contribution is -2.21. The highest BCUT2D eigenvalue weighted by atomic mass is 19.4. The van der Waals surface area contributed by atoms with Gasteiger partial charge in [0.25, 0.3) is 0 Å². The molecule has 0 aliphatic carbocycles. The van der Waals surface area contributed by atoms with Crippen LogP contribution in [0.5, 0.6) is 0 Å². The zero-order valence-corrected chi connectivity index (χ0v) is 10.3. The predicted octanol–water partition coefficient (Wildman–Crippen LogP) is 2.19. The van der Waals surface area contributed by atoms with Crippen molar-refractivity contribution in [3.05, 3.63) is 29.6 Å². The number of halogens is 3. The van der Waals surface area contributed by atoms with Gasteiger partial charge in [-0.15, -0.1) is 0 Å². The third-order valence-corrected chi connectivity index (χ3v) is 2.42. The lowest BCUT2D eigenvalue weighted by molar-refractivity contribution is -0.137. The molecule has 0 radical (unpaired) electrons. The maximum atomic E-state index is 12.3. The Kier molecular flexibility index (Phi) is 6.07. The fourth-order valence-corrected chi connectivity index (χ4v) is 1.43. The molecule has 0 bridgehead atoms. The zero-order chi connectivity index (χ0) is 13.4. The minimum Gasteiger partial charge on any atom is -0.317 e. The van der Waals surface area contributed by atoms with Gasteiger partial charge in [0.1, 0.15) is 0 Å². The smallest absolute Gasteiger partial charge is 0.317 e. The third kappa shape index (κ3) is 5.46. The van der Waals surface area contributed by atoms with Gasteiger partial charge in [-0.25, -0.2) is 0 Å². The summed E-state index contributed by atoms with van der Waals surface area (Å²) in [5.74, 6) is 0. The van der Waals surface area contributed by atoms with Crippen LogP contribution in [0.2, 0.25) is 0 Å². The van der Waals surface area contributed by atoms with E-state index in [2.05, 4.69) is 15.6 Å². The van der Waals surface area contributed by atoms with Gasteiger partial charge in [0, 0.05) is 12.7 Å². The Morgan fingerprint density at radius 3 is 2.44 bits per heavy atom. The monoisotopic (exact) mass is 261 g/mol. The summed E-state index contributed by atoms with van der Waals surface area (Å²) in [5.41, 5.74) is -0.0927. The summed E-state index contributed by atoms with van der Waals surface area (Å²) in [5, 5.41) is 6.33. The van der Waals surface area contributed by atoms with Crippen molar-refractivity contribution < 1.29 is 13.2 Å². The lowest BCUT2D eigenvalue weighted by Gasteiger charge is -2.08. The highest BCUT2D eigenvalue weighted by Crippen LogP contribution is 2.28. The van der Waals surface area contributed by atoms with Crippen molar-refractivity contribution in [2.75, 3.05) is 19.6 Å². The second-order valence-corrected chi connectivity index (χ2v) is 3.92. The van der Waals surface area contributed by atoms with E-state index in [0.29, 0.717) is 12.2 Å². The molecule has 1 rings (SSSR count). The van der Waals surface area contributed by atoms with E-state index in [1.54, 1.807) is 0 Å². The summed E-state index contributed by atoms with van der Waals surface area (Å²) in [6.07, 6.45) is -2.46. The maximum absolute atomic E-state index is 12.3. The standard InChI is InChI=1S/C12H18F3N3/c1-2-16-6-3-7-17-9-11-5-4-10(8-18-11)12(13,14)15/h4-5,8,16-17H,2-3,6-7,9H2,1H3. The molecule has 0 unspecified atom stereocenters. The number of rotatable bonds is 7. The first-order valence-electron chi connectivity index (χ1n) is 5.97. The first-order valence-corrected chi connectivity index (χ1v) is 5.97. The molecular formula is C12H18F3N3. The molecule has 102 valence electrons. The zero-order valence-electron chi connectivity index (χ0n) is 10.3. The van der Waals surface area contributed by atoms with Crippen LogP contribution in [0.1, 0.15) is 24.6 Å². The van der Waals surface area contributed by atoms with Crippen molar-refractivity contribution in [1.82, 2.24) is 15.6 Å². The van der Waals surface area contributed by atoms with Crippen molar-refractivity contribution in [3.63, 3.8) is 0 Å². The third-order valence-electron chi connectivity index (χ3n) is 2.42. The van der Waals surface area contributed by atoms with Gasteiger partial charge >= 0.3 is 6.18 Å². The van der Waals surface area contributed by atoms with Gasteiger partial charge in [0.15, 0.2) is 0 Å². The topological polar surface area (TPSA) is 37.0 Å². The second kappa shape index (κ2) is 7.33. The molecule has 1 aromatic rings. The molecule has 1 heterocycles. The number of pyridine rings is 1. The van der Waals surface area contributed by atoms with Crippen molar-refractivity contribution >= 4 is 0 Å². The van der Waals surface area contributed by atoms with Crippen molar-refractivity contribution in [2.45, 2.75) is 26.1 Å². The fraction of sp³-hybridized carbons (Fsp3) is 0.583. The minimum absolute atomic E-state index is 0.490. The average molecular weight is 261 g/mol. The van der Waals surface area contributed by atoms with Crippen LogP contribution < -0.4 is 10.6 Å². The first-order chi connectivity index (χ1) is 8.54. The molecule has 3 nitrogen and oxygen atoms in total. The number of nitrogens with one attached hydrogen (secondary N) is 2. The van der Waals surface area contributed by atoms with Crippen molar-refractivity contribution in [3.8, 4) is 0 Å². The van der Waals surface area contributed by atoms with E-state index >= 15 is 0 Å². The van der Waals surface area contributed by atoms with Crippen LogP contribution >= 0.6 is 0 Å². The van der Waals surface area contributed by atoms with E-state index in [4.69, 9.17) is 0 Å². The van der Waals surface area contributed by atoms with Gasteiger partial charge in [-0.3, -0.25) is 4.98 Å². The normalized spacial score (nSPS) is 11.8. The number of hydrogen-bond donors (Lipinski definition) is 2. The van der Waals surface area contributed by atoms with Gasteiger partial charge in [-0.1, -0.05) is 6.92 Å². The van der Waals surface area contributed by atoms with E-state index in [9.17, 15) is 13.2 Å². The van der Waals surface area contributed by atoms with E-state index in [1.807, 2.05) is 6.92 Å². The van der Waals surface area contributed by atoms with Gasteiger partial charge in [0.2, 0.25) is 0 Å². The summed E-state index contributed by atoms with van der Waals surface area (Å²) in [7, 11) is 0. The molecular weight excluding hydrogens is 243 g/mol. The Morgan fingerprint density at radius 1 is 1.17 bits per heavy atom. The Morgan fingerprint density at radius 2 is 1.89 bits per heavy atom. The Hall–Kier alpha value is -1.14. The van der Waals surface area contributed by atoms with Crippen LogP contribution in [0, 0.1) is 0 Å². The Bertz CT molecular complexity index is 335. The number of aromatic nitrogens is 1. The molecule has 0 saturated heterocycles.